The Balaban J connectivity index is 2.22. The summed E-state index contributed by atoms with van der Waals surface area (Å²) < 4.78 is 29.1. The second-order valence-electron chi connectivity index (χ2n) is 4.73. The van der Waals surface area contributed by atoms with Gasteiger partial charge in [-0.2, -0.15) is 5.10 Å². The number of benzene rings is 1. The van der Waals surface area contributed by atoms with Crippen molar-refractivity contribution in [1.82, 2.24) is 14.5 Å². The van der Waals surface area contributed by atoms with Gasteiger partial charge in [-0.05, 0) is 39.0 Å². The van der Waals surface area contributed by atoms with Crippen molar-refractivity contribution in [1.29, 1.82) is 0 Å². The predicted molar refractivity (Wildman–Crippen MR) is 77.8 cm³/mol. The van der Waals surface area contributed by atoms with Gasteiger partial charge in [-0.25, -0.2) is 13.1 Å². The van der Waals surface area contributed by atoms with Gasteiger partial charge in [0.15, 0.2) is 0 Å². The van der Waals surface area contributed by atoms with E-state index in [1.807, 2.05) is 26.8 Å². The fraction of sp³-hybridized carbons (Fsp3) is 0.357. The highest BCUT2D eigenvalue weighted by molar-refractivity contribution is 7.89. The van der Waals surface area contributed by atoms with Crippen LogP contribution in [0.5, 0.6) is 0 Å². The fourth-order valence-corrected chi connectivity index (χ4v) is 3.27. The van der Waals surface area contributed by atoms with Crippen molar-refractivity contribution in [2.24, 2.45) is 0 Å². The Kier molecular flexibility index (Phi) is 4.25. The Labute approximate surface area is 119 Å². The first kappa shape index (κ1) is 14.7. The number of nitrogens with zero attached hydrogens (tertiary/aromatic N) is 2. The van der Waals surface area contributed by atoms with Gasteiger partial charge in [0.05, 0.1) is 16.6 Å². The molecule has 2 rings (SSSR count). The topological polar surface area (TPSA) is 64.0 Å². The van der Waals surface area contributed by atoms with E-state index in [1.165, 1.54) is 0 Å². The summed E-state index contributed by atoms with van der Waals surface area (Å²) >= 11 is 0. The molecule has 1 aromatic heterocycles. The van der Waals surface area contributed by atoms with Crippen LogP contribution in [0, 0.1) is 6.92 Å². The van der Waals surface area contributed by atoms with Crippen LogP contribution in [0.4, 0.5) is 0 Å². The summed E-state index contributed by atoms with van der Waals surface area (Å²) in [6, 6.07) is 8.30. The van der Waals surface area contributed by atoms with E-state index < -0.39 is 10.0 Å². The van der Waals surface area contributed by atoms with Crippen molar-refractivity contribution < 1.29 is 8.42 Å². The van der Waals surface area contributed by atoms with Gasteiger partial charge in [0.25, 0.3) is 0 Å². The molecule has 0 spiro atoms. The van der Waals surface area contributed by atoms with E-state index in [0.29, 0.717) is 6.54 Å². The van der Waals surface area contributed by atoms with Gasteiger partial charge in [-0.3, -0.25) is 4.68 Å². The fourth-order valence-electron chi connectivity index (χ4n) is 2.05. The highest BCUT2D eigenvalue weighted by Gasteiger charge is 2.20. The lowest BCUT2D eigenvalue weighted by Crippen LogP contribution is -2.28. The standard InChI is InChI=1S/C14H19N3O2S/c1-4-17-14(9-10-15-17)12(3)16-20(18,19)13-7-5-11(2)6-8-13/h5-10,12,16H,4H2,1-3H3. The SMILES string of the molecule is CCn1nccc1C(C)NS(=O)(=O)c1ccc(C)cc1. The molecule has 0 bridgehead atoms. The van der Waals surface area contributed by atoms with Gasteiger partial charge < -0.3 is 0 Å². The zero-order valence-corrected chi connectivity index (χ0v) is 12.7. The summed E-state index contributed by atoms with van der Waals surface area (Å²) in [6.07, 6.45) is 1.68. The van der Waals surface area contributed by atoms with Crippen LogP contribution < -0.4 is 4.72 Å². The van der Waals surface area contributed by atoms with E-state index >= 15 is 0 Å². The number of sulfonamides is 1. The van der Waals surface area contributed by atoms with Crippen molar-refractivity contribution in [2.45, 2.75) is 38.3 Å². The first-order valence-electron chi connectivity index (χ1n) is 6.54. The minimum Gasteiger partial charge on any atom is -0.268 e. The number of rotatable bonds is 5. The first-order chi connectivity index (χ1) is 9.44. The van der Waals surface area contributed by atoms with Crippen LogP contribution in [0.15, 0.2) is 41.4 Å². The average Bonchev–Trinajstić information content (AvgIpc) is 2.87. The lowest BCUT2D eigenvalue weighted by atomic mass is 10.2. The summed E-state index contributed by atoms with van der Waals surface area (Å²) in [5.74, 6) is 0. The maximum absolute atomic E-state index is 12.3. The molecule has 5 nitrogen and oxygen atoms in total. The van der Waals surface area contributed by atoms with Gasteiger partial charge in [0, 0.05) is 12.7 Å². The Morgan fingerprint density at radius 1 is 1.25 bits per heavy atom. The van der Waals surface area contributed by atoms with E-state index in [4.69, 9.17) is 0 Å². The summed E-state index contributed by atoms with van der Waals surface area (Å²) in [7, 11) is -3.52. The monoisotopic (exact) mass is 293 g/mol. The number of aromatic nitrogens is 2. The average molecular weight is 293 g/mol. The Morgan fingerprint density at radius 3 is 2.50 bits per heavy atom. The molecule has 0 aliphatic rings. The van der Waals surface area contributed by atoms with E-state index in [2.05, 4.69) is 9.82 Å². The molecule has 0 fully saturated rings. The number of aryl methyl sites for hydroxylation is 2. The van der Waals surface area contributed by atoms with Crippen molar-refractivity contribution in [3.63, 3.8) is 0 Å². The highest BCUT2D eigenvalue weighted by Crippen LogP contribution is 2.17. The van der Waals surface area contributed by atoms with Crippen molar-refractivity contribution in [2.75, 3.05) is 0 Å². The normalized spacial score (nSPS) is 13.3. The Morgan fingerprint density at radius 2 is 1.90 bits per heavy atom. The Bertz CT molecular complexity index is 675. The molecule has 1 heterocycles. The van der Waals surface area contributed by atoms with Crippen LogP contribution in [0.1, 0.15) is 31.1 Å². The number of hydrogen-bond acceptors (Lipinski definition) is 3. The molecule has 1 atom stereocenters. The van der Waals surface area contributed by atoms with E-state index in [-0.39, 0.29) is 10.9 Å². The molecule has 0 saturated carbocycles. The van der Waals surface area contributed by atoms with Gasteiger partial charge >= 0.3 is 0 Å². The largest absolute Gasteiger partial charge is 0.268 e. The molecular formula is C14H19N3O2S. The molecule has 20 heavy (non-hydrogen) atoms. The molecule has 1 N–H and O–H groups in total. The molecule has 6 heteroatoms. The van der Waals surface area contributed by atoms with Crippen molar-refractivity contribution in [3.05, 3.63) is 47.8 Å². The summed E-state index contributed by atoms with van der Waals surface area (Å²) in [6.45, 7) is 6.41. The van der Waals surface area contributed by atoms with Crippen LogP contribution >= 0.6 is 0 Å². The van der Waals surface area contributed by atoms with Crippen molar-refractivity contribution in [3.8, 4) is 0 Å². The van der Waals surface area contributed by atoms with E-state index in [0.717, 1.165) is 11.3 Å². The molecule has 0 aliphatic carbocycles. The minimum absolute atomic E-state index is 0.275. The molecule has 1 aromatic carbocycles. The zero-order chi connectivity index (χ0) is 14.8. The minimum atomic E-state index is -3.52. The maximum Gasteiger partial charge on any atom is 0.241 e. The van der Waals surface area contributed by atoms with Gasteiger partial charge in [0.1, 0.15) is 0 Å². The summed E-state index contributed by atoms with van der Waals surface area (Å²) in [5, 5.41) is 4.15. The van der Waals surface area contributed by atoms with E-state index in [1.54, 1.807) is 35.1 Å². The summed E-state index contributed by atoms with van der Waals surface area (Å²) in [5.41, 5.74) is 1.88. The molecule has 0 amide bonds. The smallest absolute Gasteiger partial charge is 0.241 e. The molecule has 0 aliphatic heterocycles. The quantitative estimate of drug-likeness (QED) is 0.919. The third-order valence-electron chi connectivity index (χ3n) is 3.16. The van der Waals surface area contributed by atoms with Crippen LogP contribution in [-0.2, 0) is 16.6 Å². The zero-order valence-electron chi connectivity index (χ0n) is 11.9. The molecule has 0 radical (unpaired) electrons. The number of hydrogen-bond donors (Lipinski definition) is 1. The van der Waals surface area contributed by atoms with E-state index in [9.17, 15) is 8.42 Å². The van der Waals surface area contributed by atoms with Crippen molar-refractivity contribution >= 4 is 10.0 Å². The molecule has 0 saturated heterocycles. The number of nitrogens with one attached hydrogen (secondary N) is 1. The first-order valence-corrected chi connectivity index (χ1v) is 8.03. The maximum atomic E-state index is 12.3. The molecule has 2 aromatic rings. The second-order valence-corrected chi connectivity index (χ2v) is 6.44. The van der Waals surface area contributed by atoms with Gasteiger partial charge in [-0.15, -0.1) is 0 Å². The van der Waals surface area contributed by atoms with Crippen LogP contribution in [0.2, 0.25) is 0 Å². The van der Waals surface area contributed by atoms with Crippen LogP contribution in [0.3, 0.4) is 0 Å². The van der Waals surface area contributed by atoms with Gasteiger partial charge in [0.2, 0.25) is 10.0 Å². The van der Waals surface area contributed by atoms with Crippen LogP contribution in [-0.4, -0.2) is 18.2 Å². The molecule has 108 valence electrons. The third kappa shape index (κ3) is 3.08. The van der Waals surface area contributed by atoms with Crippen LogP contribution in [0.25, 0.3) is 0 Å². The molecular weight excluding hydrogens is 274 g/mol. The lowest BCUT2D eigenvalue weighted by molar-refractivity contribution is 0.539. The second kappa shape index (κ2) is 5.76. The highest BCUT2D eigenvalue weighted by atomic mass is 32.2. The van der Waals surface area contributed by atoms with Gasteiger partial charge in [-0.1, -0.05) is 17.7 Å². The predicted octanol–water partition coefficient (Wildman–Crippen LogP) is 2.25. The Hall–Kier alpha value is -1.66. The lowest BCUT2D eigenvalue weighted by Gasteiger charge is -2.15. The molecule has 1 unspecified atom stereocenters. The third-order valence-corrected chi connectivity index (χ3v) is 4.71. The summed E-state index contributed by atoms with van der Waals surface area (Å²) in [4.78, 5) is 0.275.